The van der Waals surface area contributed by atoms with Crippen LogP contribution in [0, 0.1) is 13.8 Å². The summed E-state index contributed by atoms with van der Waals surface area (Å²) in [4.78, 5) is 12.3. The van der Waals surface area contributed by atoms with E-state index in [9.17, 15) is 4.79 Å². The molecule has 0 radical (unpaired) electrons. The Balaban J connectivity index is 1.50. The van der Waals surface area contributed by atoms with Gasteiger partial charge in [-0.05, 0) is 55.3 Å². The van der Waals surface area contributed by atoms with Gasteiger partial charge in [-0.15, -0.1) is 0 Å². The van der Waals surface area contributed by atoms with E-state index in [-0.39, 0.29) is 12.5 Å². The van der Waals surface area contributed by atoms with E-state index < -0.39 is 0 Å². The number of amides is 1. The molecule has 0 saturated carbocycles. The molecular weight excluding hydrogens is 366 g/mol. The van der Waals surface area contributed by atoms with Crippen molar-refractivity contribution in [2.24, 2.45) is 0 Å². The number of aryl methyl sites for hydroxylation is 2. The normalized spacial score (nSPS) is 10.3. The first-order chi connectivity index (χ1) is 14.1. The highest BCUT2D eigenvalue weighted by atomic mass is 16.5. The highest BCUT2D eigenvalue weighted by Crippen LogP contribution is 2.24. The van der Waals surface area contributed by atoms with Crippen LogP contribution in [0.4, 0.5) is 5.69 Å². The summed E-state index contributed by atoms with van der Waals surface area (Å²) in [6, 6.07) is 22.8. The largest absolute Gasteiger partial charge is 0.490 e. The van der Waals surface area contributed by atoms with Crippen LogP contribution in [0.25, 0.3) is 0 Å². The molecular formula is C24H25NO4. The zero-order valence-electron chi connectivity index (χ0n) is 16.7. The lowest BCUT2D eigenvalue weighted by molar-refractivity contribution is -0.118. The number of rotatable bonds is 9. The molecule has 0 unspecified atom stereocenters. The fourth-order valence-corrected chi connectivity index (χ4v) is 2.72. The van der Waals surface area contributed by atoms with Crippen LogP contribution in [0.5, 0.6) is 17.2 Å². The summed E-state index contributed by atoms with van der Waals surface area (Å²) in [5, 5.41) is 2.84. The van der Waals surface area contributed by atoms with Crippen LogP contribution >= 0.6 is 0 Å². The summed E-state index contributed by atoms with van der Waals surface area (Å²) >= 11 is 0. The van der Waals surface area contributed by atoms with Crippen molar-refractivity contribution in [3.63, 3.8) is 0 Å². The molecule has 0 saturated heterocycles. The molecule has 3 aromatic carbocycles. The van der Waals surface area contributed by atoms with Crippen molar-refractivity contribution in [1.82, 2.24) is 0 Å². The van der Waals surface area contributed by atoms with Crippen LogP contribution in [0.15, 0.2) is 72.8 Å². The van der Waals surface area contributed by atoms with Gasteiger partial charge in [-0.1, -0.05) is 42.5 Å². The van der Waals surface area contributed by atoms with Crippen LogP contribution in [0.1, 0.15) is 11.1 Å². The Hall–Kier alpha value is -3.47. The summed E-state index contributed by atoms with van der Waals surface area (Å²) in [6.07, 6.45) is 0. The first-order valence-electron chi connectivity index (χ1n) is 9.51. The van der Waals surface area contributed by atoms with E-state index in [4.69, 9.17) is 14.2 Å². The van der Waals surface area contributed by atoms with Gasteiger partial charge in [0.15, 0.2) is 6.61 Å². The fourth-order valence-electron chi connectivity index (χ4n) is 2.72. The van der Waals surface area contributed by atoms with Gasteiger partial charge in [0.2, 0.25) is 0 Å². The van der Waals surface area contributed by atoms with Gasteiger partial charge in [0.05, 0.1) is 5.69 Å². The van der Waals surface area contributed by atoms with Crippen molar-refractivity contribution in [2.75, 3.05) is 25.1 Å². The predicted octanol–water partition coefficient (Wildman–Crippen LogP) is 4.78. The molecule has 0 aliphatic heterocycles. The number of anilines is 1. The molecule has 0 bridgehead atoms. The maximum Gasteiger partial charge on any atom is 0.262 e. The van der Waals surface area contributed by atoms with Gasteiger partial charge in [-0.25, -0.2) is 0 Å². The van der Waals surface area contributed by atoms with E-state index in [0.717, 1.165) is 16.9 Å². The molecule has 0 aliphatic carbocycles. The number of ether oxygens (including phenoxy) is 3. The topological polar surface area (TPSA) is 56.8 Å². The van der Waals surface area contributed by atoms with E-state index in [1.165, 1.54) is 0 Å². The molecule has 1 N–H and O–H groups in total. The second-order valence-corrected chi connectivity index (χ2v) is 6.61. The van der Waals surface area contributed by atoms with Crippen LogP contribution in [0.2, 0.25) is 0 Å². The number of hydrogen-bond acceptors (Lipinski definition) is 4. The van der Waals surface area contributed by atoms with E-state index in [1.807, 2.05) is 80.6 Å². The smallest absolute Gasteiger partial charge is 0.262 e. The number of nitrogens with one attached hydrogen (secondary N) is 1. The number of carbonyl (C=O) groups excluding carboxylic acids is 1. The Kier molecular flexibility index (Phi) is 7.11. The molecule has 1 amide bonds. The van der Waals surface area contributed by atoms with Gasteiger partial charge in [0, 0.05) is 0 Å². The van der Waals surface area contributed by atoms with E-state index in [1.54, 1.807) is 6.07 Å². The summed E-state index contributed by atoms with van der Waals surface area (Å²) in [7, 11) is 0. The first-order valence-corrected chi connectivity index (χ1v) is 9.51. The molecule has 0 fully saturated rings. The minimum atomic E-state index is -0.248. The molecule has 3 rings (SSSR count). The molecule has 29 heavy (non-hydrogen) atoms. The number of carbonyl (C=O) groups is 1. The molecule has 3 aromatic rings. The van der Waals surface area contributed by atoms with Crippen molar-refractivity contribution in [1.29, 1.82) is 0 Å². The zero-order valence-corrected chi connectivity index (χ0v) is 16.7. The molecule has 5 nitrogen and oxygen atoms in total. The van der Waals surface area contributed by atoms with E-state index in [0.29, 0.717) is 30.4 Å². The second-order valence-electron chi connectivity index (χ2n) is 6.61. The van der Waals surface area contributed by atoms with Crippen molar-refractivity contribution >= 4 is 11.6 Å². The number of benzene rings is 3. The molecule has 0 heterocycles. The molecule has 0 aromatic heterocycles. The van der Waals surface area contributed by atoms with Gasteiger partial charge in [-0.3, -0.25) is 4.79 Å². The fraction of sp³-hybridized carbons (Fsp3) is 0.208. The van der Waals surface area contributed by atoms with Crippen LogP contribution in [0.3, 0.4) is 0 Å². The van der Waals surface area contributed by atoms with Crippen LogP contribution < -0.4 is 19.5 Å². The lowest BCUT2D eigenvalue weighted by atomic mass is 10.1. The van der Waals surface area contributed by atoms with E-state index in [2.05, 4.69) is 5.32 Å². The second kappa shape index (κ2) is 10.2. The Morgan fingerprint density at radius 1 is 0.793 bits per heavy atom. The third-order valence-electron chi connectivity index (χ3n) is 4.22. The predicted molar refractivity (Wildman–Crippen MR) is 114 cm³/mol. The summed E-state index contributed by atoms with van der Waals surface area (Å²) in [5.74, 6) is 1.84. The Morgan fingerprint density at radius 2 is 1.52 bits per heavy atom. The molecule has 0 spiro atoms. The van der Waals surface area contributed by atoms with Crippen LogP contribution in [-0.4, -0.2) is 25.7 Å². The maximum atomic E-state index is 12.3. The van der Waals surface area contributed by atoms with Gasteiger partial charge in [0.25, 0.3) is 5.91 Å². The quantitative estimate of drug-likeness (QED) is 0.534. The molecule has 5 heteroatoms. The van der Waals surface area contributed by atoms with Crippen molar-refractivity contribution < 1.29 is 19.0 Å². The van der Waals surface area contributed by atoms with E-state index >= 15 is 0 Å². The number of hydrogen-bond donors (Lipinski definition) is 1. The zero-order chi connectivity index (χ0) is 20.5. The first kappa shape index (κ1) is 20.3. The highest BCUT2D eigenvalue weighted by Gasteiger charge is 2.09. The Labute approximate surface area is 171 Å². The third-order valence-corrected chi connectivity index (χ3v) is 4.22. The lowest BCUT2D eigenvalue weighted by Crippen LogP contribution is -2.21. The Bertz CT molecular complexity index is 941. The standard InChI is InChI=1S/C24H25NO4/c1-18-12-13-19(2)23(16-18)29-17-24(26)25-21-10-6-7-11-22(21)28-15-14-27-20-8-4-3-5-9-20/h3-13,16H,14-15,17H2,1-2H3,(H,25,26). The lowest BCUT2D eigenvalue weighted by Gasteiger charge is -2.14. The minimum absolute atomic E-state index is 0.0737. The van der Waals surface area contributed by atoms with Crippen molar-refractivity contribution in [2.45, 2.75) is 13.8 Å². The minimum Gasteiger partial charge on any atom is -0.490 e. The van der Waals surface area contributed by atoms with Gasteiger partial charge >= 0.3 is 0 Å². The SMILES string of the molecule is Cc1ccc(C)c(OCC(=O)Nc2ccccc2OCCOc2ccccc2)c1. The maximum absolute atomic E-state index is 12.3. The number of para-hydroxylation sites is 3. The van der Waals surface area contributed by atoms with Gasteiger partial charge < -0.3 is 19.5 Å². The Morgan fingerprint density at radius 3 is 2.34 bits per heavy atom. The summed E-state index contributed by atoms with van der Waals surface area (Å²) in [6.45, 7) is 4.63. The average Bonchev–Trinajstić information content (AvgIpc) is 2.74. The van der Waals surface area contributed by atoms with Crippen molar-refractivity contribution in [3.05, 3.63) is 83.9 Å². The summed E-state index contributed by atoms with van der Waals surface area (Å²) < 4.78 is 17.1. The monoisotopic (exact) mass is 391 g/mol. The third kappa shape index (κ3) is 6.28. The molecule has 150 valence electrons. The van der Waals surface area contributed by atoms with Gasteiger partial charge in [0.1, 0.15) is 30.5 Å². The molecule has 0 aliphatic rings. The van der Waals surface area contributed by atoms with Gasteiger partial charge in [-0.2, -0.15) is 0 Å². The molecule has 0 atom stereocenters. The van der Waals surface area contributed by atoms with Crippen LogP contribution in [-0.2, 0) is 4.79 Å². The summed E-state index contributed by atoms with van der Waals surface area (Å²) in [5.41, 5.74) is 2.68. The highest BCUT2D eigenvalue weighted by molar-refractivity contribution is 5.93. The average molecular weight is 391 g/mol. The van der Waals surface area contributed by atoms with Crippen molar-refractivity contribution in [3.8, 4) is 17.2 Å².